The number of thioether (sulfide) groups is 1. The molecule has 2 aromatic rings. The topological polar surface area (TPSA) is 110 Å². The van der Waals surface area contributed by atoms with E-state index in [2.05, 4.69) is 31.9 Å². The number of nitro benzene ring substituents is 1. The number of benzene rings is 2. The molecular weight excluding hydrogens is 606 g/mol. The van der Waals surface area contributed by atoms with Gasteiger partial charge in [-0.05, 0) is 97.9 Å². The van der Waals surface area contributed by atoms with Crippen LogP contribution in [0.5, 0.6) is 5.75 Å². The average molecular weight is 625 g/mol. The van der Waals surface area contributed by atoms with Crippen LogP contribution in [0.1, 0.15) is 24.0 Å². The maximum atomic E-state index is 12.8. The summed E-state index contributed by atoms with van der Waals surface area (Å²) in [7, 11) is 0. The number of amides is 3. The SMILES string of the molecule is O=C(CN1C(=O)S/C(=C/c2cc(Br)c(OCc3ccc([N+](=O)[O-])cc3)c(Br)c2)C1=O)N1CCCC1. The van der Waals surface area contributed by atoms with Crippen molar-refractivity contribution in [1.82, 2.24) is 9.80 Å². The van der Waals surface area contributed by atoms with E-state index in [4.69, 9.17) is 4.74 Å². The van der Waals surface area contributed by atoms with Crippen LogP contribution < -0.4 is 4.74 Å². The second kappa shape index (κ2) is 10.9. The Morgan fingerprint density at radius 2 is 1.74 bits per heavy atom. The van der Waals surface area contributed by atoms with Crippen molar-refractivity contribution in [1.29, 1.82) is 0 Å². The zero-order valence-corrected chi connectivity index (χ0v) is 22.2. The van der Waals surface area contributed by atoms with Crippen LogP contribution in [0.4, 0.5) is 10.5 Å². The molecule has 3 amide bonds. The van der Waals surface area contributed by atoms with Crippen molar-refractivity contribution in [2.45, 2.75) is 19.4 Å². The molecule has 9 nitrogen and oxygen atoms in total. The molecule has 2 heterocycles. The largest absolute Gasteiger partial charge is 0.487 e. The number of rotatable bonds is 7. The number of ether oxygens (including phenoxy) is 1. The molecule has 0 radical (unpaired) electrons. The molecule has 0 atom stereocenters. The van der Waals surface area contributed by atoms with Crippen molar-refractivity contribution in [3.63, 3.8) is 0 Å². The van der Waals surface area contributed by atoms with Gasteiger partial charge in [0.2, 0.25) is 5.91 Å². The first-order valence-electron chi connectivity index (χ1n) is 10.6. The fourth-order valence-electron chi connectivity index (χ4n) is 3.66. The molecule has 2 aliphatic heterocycles. The van der Waals surface area contributed by atoms with E-state index in [-0.39, 0.29) is 29.7 Å². The van der Waals surface area contributed by atoms with Gasteiger partial charge in [0, 0.05) is 25.2 Å². The molecule has 0 unspecified atom stereocenters. The molecule has 35 heavy (non-hydrogen) atoms. The number of nitrogens with zero attached hydrogens (tertiary/aromatic N) is 3. The highest BCUT2D eigenvalue weighted by Crippen LogP contribution is 2.38. The lowest BCUT2D eigenvalue weighted by Crippen LogP contribution is -2.40. The zero-order valence-electron chi connectivity index (χ0n) is 18.2. The summed E-state index contributed by atoms with van der Waals surface area (Å²) in [6.07, 6.45) is 3.47. The first-order chi connectivity index (χ1) is 16.7. The highest BCUT2D eigenvalue weighted by Gasteiger charge is 2.37. The third-order valence-electron chi connectivity index (χ3n) is 5.47. The lowest BCUT2D eigenvalue weighted by molar-refractivity contribution is -0.384. The first-order valence-corrected chi connectivity index (χ1v) is 13.0. The minimum absolute atomic E-state index is 0.00490. The fraction of sp³-hybridized carbons (Fsp3) is 0.261. The molecule has 2 saturated heterocycles. The van der Waals surface area contributed by atoms with Crippen LogP contribution in [-0.4, -0.2) is 51.4 Å². The molecule has 2 fully saturated rings. The van der Waals surface area contributed by atoms with Crippen molar-refractivity contribution < 1.29 is 24.0 Å². The number of non-ortho nitro benzene ring substituents is 1. The lowest BCUT2D eigenvalue weighted by Gasteiger charge is -2.18. The van der Waals surface area contributed by atoms with Crippen LogP contribution in [0.25, 0.3) is 6.08 Å². The van der Waals surface area contributed by atoms with E-state index < -0.39 is 16.1 Å². The zero-order chi connectivity index (χ0) is 25.1. The van der Waals surface area contributed by atoms with Crippen molar-refractivity contribution in [2.24, 2.45) is 0 Å². The van der Waals surface area contributed by atoms with Crippen molar-refractivity contribution >= 4 is 72.4 Å². The van der Waals surface area contributed by atoms with E-state index >= 15 is 0 Å². The van der Waals surface area contributed by atoms with Gasteiger partial charge in [0.25, 0.3) is 16.8 Å². The van der Waals surface area contributed by atoms with Gasteiger partial charge < -0.3 is 9.64 Å². The summed E-state index contributed by atoms with van der Waals surface area (Å²) in [5, 5.41) is 10.3. The monoisotopic (exact) mass is 623 g/mol. The molecule has 2 aromatic carbocycles. The molecule has 0 saturated carbocycles. The molecular formula is C23H19Br2N3O6S. The molecule has 0 aromatic heterocycles. The number of nitro groups is 1. The van der Waals surface area contributed by atoms with Gasteiger partial charge in [0.05, 0.1) is 18.8 Å². The molecule has 0 aliphatic carbocycles. The Morgan fingerprint density at radius 1 is 1.11 bits per heavy atom. The maximum Gasteiger partial charge on any atom is 0.294 e. The maximum absolute atomic E-state index is 12.8. The Bertz CT molecular complexity index is 1210. The fourth-order valence-corrected chi connectivity index (χ4v) is 5.95. The molecule has 0 spiro atoms. The number of halogens is 2. The first kappa shape index (κ1) is 25.4. The Hall–Kier alpha value is -2.70. The Morgan fingerprint density at radius 3 is 2.34 bits per heavy atom. The minimum atomic E-state index is -0.488. The van der Waals surface area contributed by atoms with Gasteiger partial charge >= 0.3 is 0 Å². The summed E-state index contributed by atoms with van der Waals surface area (Å²) >= 11 is 7.74. The van der Waals surface area contributed by atoms with Gasteiger partial charge in [-0.1, -0.05) is 0 Å². The predicted octanol–water partition coefficient (Wildman–Crippen LogP) is 5.36. The quantitative estimate of drug-likeness (QED) is 0.232. The van der Waals surface area contributed by atoms with E-state index in [0.29, 0.717) is 33.3 Å². The third kappa shape index (κ3) is 5.93. The Labute approximate surface area is 221 Å². The standard InChI is InChI=1S/C23H19Br2N3O6S/c24-17-9-15(10-18(25)21(17)34-13-14-3-5-16(6-4-14)28(32)33)11-19-22(30)27(23(31)35-19)12-20(29)26-7-1-2-8-26/h3-6,9-11H,1-2,7-8,12-13H2/b19-11+. The summed E-state index contributed by atoms with van der Waals surface area (Å²) in [4.78, 5) is 50.8. The Balaban J connectivity index is 1.44. The van der Waals surface area contributed by atoms with Crippen molar-refractivity contribution in [2.75, 3.05) is 19.6 Å². The average Bonchev–Trinajstić information content (AvgIpc) is 3.44. The highest BCUT2D eigenvalue weighted by molar-refractivity contribution is 9.11. The third-order valence-corrected chi connectivity index (χ3v) is 7.56. The van der Waals surface area contributed by atoms with E-state index in [9.17, 15) is 24.5 Å². The van der Waals surface area contributed by atoms with Gasteiger partial charge in [0.1, 0.15) is 18.9 Å². The molecule has 0 bridgehead atoms. The normalized spacial score (nSPS) is 16.9. The van der Waals surface area contributed by atoms with Gasteiger partial charge in [-0.3, -0.25) is 29.4 Å². The number of imide groups is 1. The number of likely N-dealkylation sites (tertiary alicyclic amines) is 1. The van der Waals surface area contributed by atoms with Gasteiger partial charge in [-0.2, -0.15) is 0 Å². The van der Waals surface area contributed by atoms with Crippen molar-refractivity contribution in [3.8, 4) is 5.75 Å². The summed E-state index contributed by atoms with van der Waals surface area (Å²) in [5.74, 6) is -0.186. The summed E-state index contributed by atoms with van der Waals surface area (Å²) in [5.41, 5.74) is 1.42. The molecule has 2 aliphatic rings. The number of carbonyl (C=O) groups is 3. The van der Waals surface area contributed by atoms with Crippen LogP contribution >= 0.6 is 43.6 Å². The highest BCUT2D eigenvalue weighted by atomic mass is 79.9. The van der Waals surface area contributed by atoms with Crippen LogP contribution in [0.15, 0.2) is 50.2 Å². The number of hydrogen-bond acceptors (Lipinski definition) is 7. The van der Waals surface area contributed by atoms with Crippen LogP contribution in [0.2, 0.25) is 0 Å². The van der Waals surface area contributed by atoms with Gasteiger partial charge in [-0.25, -0.2) is 0 Å². The molecule has 12 heteroatoms. The van der Waals surface area contributed by atoms with E-state index in [0.717, 1.165) is 35.1 Å². The second-order valence-electron chi connectivity index (χ2n) is 7.88. The predicted molar refractivity (Wildman–Crippen MR) is 138 cm³/mol. The van der Waals surface area contributed by atoms with Crippen LogP contribution in [-0.2, 0) is 16.2 Å². The second-order valence-corrected chi connectivity index (χ2v) is 10.6. The van der Waals surface area contributed by atoms with Crippen molar-refractivity contribution in [3.05, 3.63) is 71.5 Å². The Kier molecular flexibility index (Phi) is 7.92. The smallest absolute Gasteiger partial charge is 0.294 e. The van der Waals surface area contributed by atoms with Gasteiger partial charge in [-0.15, -0.1) is 0 Å². The minimum Gasteiger partial charge on any atom is -0.487 e. The molecule has 4 rings (SSSR count). The molecule has 182 valence electrons. The van der Waals surface area contributed by atoms with E-state index in [1.807, 2.05) is 0 Å². The summed E-state index contributed by atoms with van der Waals surface area (Å²) in [6.45, 7) is 1.26. The lowest BCUT2D eigenvalue weighted by atomic mass is 10.2. The summed E-state index contributed by atoms with van der Waals surface area (Å²) < 4.78 is 7.09. The molecule has 0 N–H and O–H groups in total. The van der Waals surface area contributed by atoms with Gasteiger partial charge in [0.15, 0.2) is 0 Å². The van der Waals surface area contributed by atoms with E-state index in [1.165, 1.54) is 12.1 Å². The number of carbonyl (C=O) groups excluding carboxylic acids is 3. The van der Waals surface area contributed by atoms with E-state index in [1.54, 1.807) is 35.2 Å². The van der Waals surface area contributed by atoms with Crippen LogP contribution in [0.3, 0.4) is 0 Å². The number of hydrogen-bond donors (Lipinski definition) is 0. The summed E-state index contributed by atoms with van der Waals surface area (Å²) in [6, 6.07) is 9.58. The van der Waals surface area contributed by atoms with Crippen LogP contribution in [0, 0.1) is 10.1 Å².